The second kappa shape index (κ2) is 13.9. The number of hydrogen-bond donors (Lipinski definition) is 9. The Labute approximate surface area is 189 Å². The van der Waals surface area contributed by atoms with E-state index in [0.29, 0.717) is 12.1 Å². The van der Waals surface area contributed by atoms with Gasteiger partial charge in [-0.05, 0) is 12.8 Å². The van der Waals surface area contributed by atoms with Crippen LogP contribution in [0.4, 0.5) is 0 Å². The van der Waals surface area contributed by atoms with Gasteiger partial charge in [-0.3, -0.25) is 19.4 Å². The number of carbonyl (C=O) groups is 4. The summed E-state index contributed by atoms with van der Waals surface area (Å²) in [6.45, 7) is -0.131. The zero-order valence-corrected chi connectivity index (χ0v) is 18.2. The first-order valence-electron chi connectivity index (χ1n) is 9.64. The first-order valence-corrected chi connectivity index (χ1v) is 10.3. The van der Waals surface area contributed by atoms with Gasteiger partial charge in [0.05, 0.1) is 12.9 Å². The molecule has 0 aliphatic carbocycles. The van der Waals surface area contributed by atoms with Gasteiger partial charge >= 0.3 is 5.97 Å². The van der Waals surface area contributed by atoms with E-state index >= 15 is 0 Å². The molecule has 3 unspecified atom stereocenters. The number of hydrogen-bond acceptors (Lipinski definition) is 8. The van der Waals surface area contributed by atoms with Gasteiger partial charge < -0.3 is 43.2 Å². The molecule has 1 heterocycles. The first-order chi connectivity index (χ1) is 15.2. The van der Waals surface area contributed by atoms with Crippen molar-refractivity contribution in [3.8, 4) is 0 Å². The molecule has 0 aromatic carbocycles. The number of H-pyrrole nitrogens is 1. The third-order valence-corrected chi connectivity index (χ3v) is 4.56. The summed E-state index contributed by atoms with van der Waals surface area (Å²) in [7, 11) is 0. The highest BCUT2D eigenvalue weighted by Crippen LogP contribution is 2.03. The van der Waals surface area contributed by atoms with Crippen molar-refractivity contribution in [3.05, 3.63) is 18.2 Å². The summed E-state index contributed by atoms with van der Waals surface area (Å²) < 4.78 is 0. The molecule has 3 atom stereocenters. The van der Waals surface area contributed by atoms with Crippen molar-refractivity contribution in [3.63, 3.8) is 0 Å². The van der Waals surface area contributed by atoms with Crippen molar-refractivity contribution in [2.24, 2.45) is 22.2 Å². The van der Waals surface area contributed by atoms with Gasteiger partial charge in [-0.15, -0.1) is 0 Å². The molecule has 178 valence electrons. The van der Waals surface area contributed by atoms with Crippen LogP contribution in [-0.4, -0.2) is 81.7 Å². The summed E-state index contributed by atoms with van der Waals surface area (Å²) in [4.78, 5) is 58.9. The highest BCUT2D eigenvalue weighted by Gasteiger charge is 2.29. The lowest BCUT2D eigenvalue weighted by atomic mass is 10.1. The fourth-order valence-corrected chi connectivity index (χ4v) is 2.84. The van der Waals surface area contributed by atoms with Crippen molar-refractivity contribution in [2.45, 2.75) is 37.4 Å². The van der Waals surface area contributed by atoms with Crippen LogP contribution in [-0.2, 0) is 25.6 Å². The number of nitrogens with one attached hydrogen (secondary N) is 4. The Hall–Kier alpha value is -3.33. The molecule has 0 saturated heterocycles. The Morgan fingerprint density at radius 2 is 1.78 bits per heavy atom. The molecule has 0 aliphatic heterocycles. The quantitative estimate of drug-likeness (QED) is 0.0563. The van der Waals surface area contributed by atoms with Crippen molar-refractivity contribution < 1.29 is 24.3 Å². The molecular formula is C17H29N9O5S. The van der Waals surface area contributed by atoms with Gasteiger partial charge in [0.25, 0.3) is 0 Å². The number of thiol groups is 1. The Morgan fingerprint density at radius 1 is 1.12 bits per heavy atom. The Bertz CT molecular complexity index is 798. The van der Waals surface area contributed by atoms with E-state index in [9.17, 15) is 24.3 Å². The Kier molecular flexibility index (Phi) is 11.6. The minimum Gasteiger partial charge on any atom is -0.480 e. The van der Waals surface area contributed by atoms with Crippen molar-refractivity contribution >= 4 is 42.3 Å². The van der Waals surface area contributed by atoms with Gasteiger partial charge in [0.2, 0.25) is 17.7 Å². The van der Waals surface area contributed by atoms with Crippen LogP contribution in [0.3, 0.4) is 0 Å². The number of carboxylic acid groups (broad SMARTS) is 1. The molecule has 0 spiro atoms. The number of aliphatic imine (C=N–C) groups is 1. The molecule has 0 aliphatic rings. The van der Waals surface area contributed by atoms with E-state index < -0.39 is 41.8 Å². The number of imidazole rings is 1. The predicted octanol–water partition coefficient (Wildman–Crippen LogP) is -3.57. The fraction of sp³-hybridized carbons (Fsp3) is 0.529. The molecule has 0 radical (unpaired) electrons. The maximum Gasteiger partial charge on any atom is 0.326 e. The van der Waals surface area contributed by atoms with Crippen LogP contribution in [0.25, 0.3) is 0 Å². The van der Waals surface area contributed by atoms with E-state index in [-0.39, 0.29) is 37.6 Å². The van der Waals surface area contributed by atoms with E-state index in [1.54, 1.807) is 0 Å². The van der Waals surface area contributed by atoms with Gasteiger partial charge in [0, 0.05) is 30.6 Å². The Morgan fingerprint density at radius 3 is 2.31 bits per heavy atom. The summed E-state index contributed by atoms with van der Waals surface area (Å²) in [5.41, 5.74) is 16.3. The van der Waals surface area contributed by atoms with E-state index in [1.807, 2.05) is 0 Å². The second-order valence-corrected chi connectivity index (χ2v) is 7.06. The average molecular weight is 472 g/mol. The number of guanidine groups is 1. The smallest absolute Gasteiger partial charge is 0.326 e. The molecule has 32 heavy (non-hydrogen) atoms. The van der Waals surface area contributed by atoms with Crippen LogP contribution in [0, 0.1) is 0 Å². The maximum atomic E-state index is 12.7. The minimum absolute atomic E-state index is 0.0695. The minimum atomic E-state index is -1.25. The van der Waals surface area contributed by atoms with Gasteiger partial charge in [-0.25, -0.2) is 9.78 Å². The highest BCUT2D eigenvalue weighted by atomic mass is 32.1. The van der Waals surface area contributed by atoms with Crippen LogP contribution in [0.2, 0.25) is 0 Å². The summed E-state index contributed by atoms with van der Waals surface area (Å²) in [5.74, 6) is -3.46. The molecule has 0 bridgehead atoms. The van der Waals surface area contributed by atoms with Crippen molar-refractivity contribution in [1.82, 2.24) is 25.9 Å². The van der Waals surface area contributed by atoms with Crippen LogP contribution in [0.5, 0.6) is 0 Å². The largest absolute Gasteiger partial charge is 0.480 e. The molecule has 3 amide bonds. The van der Waals surface area contributed by atoms with Crippen LogP contribution in [0.1, 0.15) is 18.5 Å². The Balaban J connectivity index is 2.77. The monoisotopic (exact) mass is 471 g/mol. The number of rotatable bonds is 14. The number of amides is 3. The van der Waals surface area contributed by atoms with Crippen molar-refractivity contribution in [2.75, 3.05) is 18.8 Å². The number of nitrogens with zero attached hydrogens (tertiary/aromatic N) is 2. The number of carboxylic acids is 1. The van der Waals surface area contributed by atoms with E-state index in [2.05, 4.69) is 43.5 Å². The molecule has 1 aromatic rings. The van der Waals surface area contributed by atoms with Gasteiger partial charge in [0.1, 0.15) is 18.1 Å². The molecule has 1 aromatic heterocycles. The van der Waals surface area contributed by atoms with E-state index in [4.69, 9.17) is 17.2 Å². The SMILES string of the molecule is NCC(=O)NC(Cc1cnc[nH]1)C(=O)NC(CS)C(=O)NC(CCCN=C(N)N)C(=O)O. The number of aromatic nitrogens is 2. The topological polar surface area (TPSA) is 244 Å². The molecule has 14 nitrogen and oxygen atoms in total. The summed E-state index contributed by atoms with van der Waals surface area (Å²) >= 11 is 4.07. The number of nitrogens with two attached hydrogens (primary N) is 3. The highest BCUT2D eigenvalue weighted by molar-refractivity contribution is 7.80. The van der Waals surface area contributed by atoms with Gasteiger partial charge in [0.15, 0.2) is 5.96 Å². The molecule has 1 rings (SSSR count). The third kappa shape index (κ3) is 9.65. The fourth-order valence-electron chi connectivity index (χ4n) is 2.58. The van der Waals surface area contributed by atoms with Crippen LogP contribution < -0.4 is 33.2 Å². The van der Waals surface area contributed by atoms with Crippen LogP contribution >= 0.6 is 12.6 Å². The number of aromatic amines is 1. The lowest BCUT2D eigenvalue weighted by Gasteiger charge is -2.23. The number of aliphatic carboxylic acids is 1. The third-order valence-electron chi connectivity index (χ3n) is 4.19. The zero-order valence-electron chi connectivity index (χ0n) is 17.3. The molecule has 15 heteroatoms. The predicted molar refractivity (Wildman–Crippen MR) is 119 cm³/mol. The second-order valence-electron chi connectivity index (χ2n) is 6.70. The van der Waals surface area contributed by atoms with Crippen LogP contribution in [0.15, 0.2) is 17.5 Å². The first kappa shape index (κ1) is 26.7. The summed E-state index contributed by atoms with van der Waals surface area (Å²) in [6.07, 6.45) is 3.35. The summed E-state index contributed by atoms with van der Waals surface area (Å²) in [6, 6.07) is -3.41. The molecule has 11 N–H and O–H groups in total. The summed E-state index contributed by atoms with van der Waals surface area (Å²) in [5, 5.41) is 16.6. The normalized spacial score (nSPS) is 13.3. The lowest BCUT2D eigenvalue weighted by molar-refractivity contribution is -0.142. The van der Waals surface area contributed by atoms with Gasteiger partial charge in [-0.1, -0.05) is 0 Å². The van der Waals surface area contributed by atoms with Crippen molar-refractivity contribution in [1.29, 1.82) is 0 Å². The molecular weight excluding hydrogens is 442 g/mol. The standard InChI is InChI=1S/C17H29N9O5S/c18-5-13(27)24-11(4-9-6-21-8-23-9)14(28)26-12(7-32)15(29)25-10(16(30)31)2-1-3-22-17(19)20/h6,8,10-12,32H,1-5,7,18H2,(H,21,23)(H,24,27)(H,25,29)(H,26,28)(H,30,31)(H4,19,20,22). The molecule has 0 fully saturated rings. The average Bonchev–Trinajstić information content (AvgIpc) is 3.25. The van der Waals surface area contributed by atoms with Gasteiger partial charge in [-0.2, -0.15) is 12.6 Å². The lowest BCUT2D eigenvalue weighted by Crippen LogP contribution is -2.57. The van der Waals surface area contributed by atoms with E-state index in [1.165, 1.54) is 12.5 Å². The maximum absolute atomic E-state index is 12.7. The van der Waals surface area contributed by atoms with E-state index in [0.717, 1.165) is 0 Å². The zero-order chi connectivity index (χ0) is 24.1. The molecule has 0 saturated carbocycles. The number of carbonyl (C=O) groups excluding carboxylic acids is 3.